The number of methoxy groups -OCH3 is 1. The Bertz CT molecular complexity index is 575. The van der Waals surface area contributed by atoms with Gasteiger partial charge >= 0.3 is 0 Å². The molecule has 116 valence electrons. The zero-order chi connectivity index (χ0) is 15.0. The average Bonchev–Trinajstić information content (AvgIpc) is 2.48. The lowest BCUT2D eigenvalue weighted by atomic mass is 9.79. The highest BCUT2D eigenvalue weighted by atomic mass is 16.5. The molecule has 5 heteroatoms. The molecule has 1 fully saturated rings. The van der Waals surface area contributed by atoms with Crippen LogP contribution in [0.3, 0.4) is 0 Å². The number of rotatable bonds is 2. The Morgan fingerprint density at radius 3 is 2.76 bits per heavy atom. The van der Waals surface area contributed by atoms with Gasteiger partial charge in [0.1, 0.15) is 5.82 Å². The summed E-state index contributed by atoms with van der Waals surface area (Å²) < 4.78 is 5.46. The number of fused-ring (bicyclic) bond motifs is 1. The van der Waals surface area contributed by atoms with Gasteiger partial charge in [-0.3, -0.25) is 9.69 Å². The number of ether oxygens (including phenoxy) is 1. The molecular formula is C16H25N3O2. The van der Waals surface area contributed by atoms with Crippen molar-refractivity contribution in [3.8, 4) is 0 Å². The zero-order valence-electron chi connectivity index (χ0n) is 13.2. The molecule has 0 aromatic carbocycles. The van der Waals surface area contributed by atoms with Gasteiger partial charge in [-0.25, -0.2) is 4.98 Å². The van der Waals surface area contributed by atoms with Crippen molar-refractivity contribution in [3.05, 3.63) is 27.4 Å². The molecule has 1 aliphatic heterocycles. The summed E-state index contributed by atoms with van der Waals surface area (Å²) in [5.74, 6) is 0.725. The van der Waals surface area contributed by atoms with Crippen LogP contribution in [0.4, 0.5) is 0 Å². The average molecular weight is 291 g/mol. The van der Waals surface area contributed by atoms with Gasteiger partial charge in [0.2, 0.25) is 0 Å². The Kier molecular flexibility index (Phi) is 3.88. The van der Waals surface area contributed by atoms with Gasteiger partial charge in [-0.15, -0.1) is 0 Å². The highest BCUT2D eigenvalue weighted by Gasteiger charge is 2.38. The summed E-state index contributed by atoms with van der Waals surface area (Å²) in [6, 6.07) is 0. The van der Waals surface area contributed by atoms with E-state index in [-0.39, 0.29) is 11.1 Å². The second-order valence-corrected chi connectivity index (χ2v) is 6.67. The Morgan fingerprint density at radius 2 is 2.10 bits per heavy atom. The number of aromatic nitrogens is 2. The molecule has 2 aliphatic rings. The van der Waals surface area contributed by atoms with Crippen molar-refractivity contribution < 1.29 is 4.74 Å². The molecule has 1 saturated heterocycles. The van der Waals surface area contributed by atoms with E-state index >= 15 is 0 Å². The summed E-state index contributed by atoms with van der Waals surface area (Å²) in [5, 5.41) is 0. The highest BCUT2D eigenvalue weighted by Crippen LogP contribution is 2.33. The summed E-state index contributed by atoms with van der Waals surface area (Å²) in [6.07, 6.45) is 5.35. The number of H-pyrrole nitrogens is 1. The quantitative estimate of drug-likeness (QED) is 0.895. The summed E-state index contributed by atoms with van der Waals surface area (Å²) >= 11 is 0. The lowest BCUT2D eigenvalue weighted by Crippen LogP contribution is -2.54. The fourth-order valence-corrected chi connectivity index (χ4v) is 3.82. The fraction of sp³-hybridized carbons (Fsp3) is 0.750. The third kappa shape index (κ3) is 2.77. The first-order valence-corrected chi connectivity index (χ1v) is 7.88. The molecule has 21 heavy (non-hydrogen) atoms. The number of aromatic amines is 1. The molecule has 0 amide bonds. The van der Waals surface area contributed by atoms with Crippen LogP contribution in [-0.4, -0.2) is 46.7 Å². The van der Waals surface area contributed by atoms with Gasteiger partial charge in [0.15, 0.2) is 0 Å². The van der Waals surface area contributed by atoms with Crippen molar-refractivity contribution in [3.63, 3.8) is 0 Å². The lowest BCUT2D eigenvalue weighted by Gasteiger charge is -2.47. The van der Waals surface area contributed by atoms with E-state index in [2.05, 4.69) is 21.8 Å². The normalized spacial score (nSPS) is 27.6. The standard InChI is InChI=1S/C16H25N3O2/c1-11-17-14-4-7-16(2,10-13(14)15(20)18-11)19-8-5-12(21-3)6-9-19/h12H,4-10H2,1-3H3,(H,17,18,20). The topological polar surface area (TPSA) is 58.2 Å². The van der Waals surface area contributed by atoms with E-state index in [9.17, 15) is 4.79 Å². The predicted octanol–water partition coefficient (Wildman–Crippen LogP) is 1.44. The maximum atomic E-state index is 12.2. The predicted molar refractivity (Wildman–Crippen MR) is 81.6 cm³/mol. The van der Waals surface area contributed by atoms with Crippen molar-refractivity contribution >= 4 is 0 Å². The van der Waals surface area contributed by atoms with E-state index in [0.717, 1.165) is 62.3 Å². The van der Waals surface area contributed by atoms with Crippen LogP contribution in [0.1, 0.15) is 43.3 Å². The molecule has 1 aliphatic carbocycles. The molecule has 1 unspecified atom stereocenters. The number of piperidine rings is 1. The molecule has 1 aromatic rings. The molecule has 0 radical (unpaired) electrons. The van der Waals surface area contributed by atoms with Crippen LogP contribution in [0.5, 0.6) is 0 Å². The first kappa shape index (κ1) is 14.7. The van der Waals surface area contributed by atoms with Crippen LogP contribution >= 0.6 is 0 Å². The Balaban J connectivity index is 1.80. The zero-order valence-corrected chi connectivity index (χ0v) is 13.2. The smallest absolute Gasteiger partial charge is 0.254 e. The van der Waals surface area contributed by atoms with Crippen LogP contribution in [0.2, 0.25) is 0 Å². The lowest BCUT2D eigenvalue weighted by molar-refractivity contribution is -0.00399. The molecule has 0 bridgehead atoms. The molecule has 0 spiro atoms. The van der Waals surface area contributed by atoms with Crippen LogP contribution in [0, 0.1) is 6.92 Å². The van der Waals surface area contributed by atoms with E-state index in [1.54, 1.807) is 7.11 Å². The Labute approximate surface area is 125 Å². The molecular weight excluding hydrogens is 266 g/mol. The second kappa shape index (κ2) is 5.54. The SMILES string of the molecule is COC1CCN(C2(C)CCc3nc(C)[nH]c(=O)c3C2)CC1. The number of aryl methyl sites for hydroxylation is 2. The maximum Gasteiger partial charge on any atom is 0.254 e. The first-order chi connectivity index (χ1) is 10.0. The van der Waals surface area contributed by atoms with Crippen molar-refractivity contribution in [1.29, 1.82) is 0 Å². The molecule has 2 heterocycles. The second-order valence-electron chi connectivity index (χ2n) is 6.67. The molecule has 1 atom stereocenters. The van der Waals surface area contributed by atoms with E-state index in [1.807, 2.05) is 6.92 Å². The van der Waals surface area contributed by atoms with E-state index in [4.69, 9.17) is 4.74 Å². The van der Waals surface area contributed by atoms with Crippen molar-refractivity contribution in [2.45, 2.75) is 57.6 Å². The molecule has 3 rings (SSSR count). The maximum absolute atomic E-state index is 12.2. The molecule has 1 aromatic heterocycles. The van der Waals surface area contributed by atoms with Crippen LogP contribution in [-0.2, 0) is 17.6 Å². The Morgan fingerprint density at radius 1 is 1.38 bits per heavy atom. The minimum absolute atomic E-state index is 0.0511. The summed E-state index contributed by atoms with van der Waals surface area (Å²) in [5.41, 5.74) is 2.02. The fourth-order valence-electron chi connectivity index (χ4n) is 3.82. The monoisotopic (exact) mass is 291 g/mol. The number of nitrogens with one attached hydrogen (secondary N) is 1. The minimum Gasteiger partial charge on any atom is -0.381 e. The van der Waals surface area contributed by atoms with Crippen molar-refractivity contribution in [2.75, 3.05) is 20.2 Å². The van der Waals surface area contributed by atoms with Crippen LogP contribution in [0.25, 0.3) is 0 Å². The van der Waals surface area contributed by atoms with Gasteiger partial charge in [-0.05, 0) is 46.0 Å². The van der Waals surface area contributed by atoms with E-state index in [1.165, 1.54) is 0 Å². The minimum atomic E-state index is 0.0511. The largest absolute Gasteiger partial charge is 0.381 e. The third-order valence-corrected chi connectivity index (χ3v) is 5.22. The van der Waals surface area contributed by atoms with Crippen LogP contribution in [0.15, 0.2) is 4.79 Å². The van der Waals surface area contributed by atoms with Gasteiger partial charge < -0.3 is 9.72 Å². The Hall–Kier alpha value is -1.20. The van der Waals surface area contributed by atoms with Gasteiger partial charge in [-0.1, -0.05) is 0 Å². The van der Waals surface area contributed by atoms with Crippen molar-refractivity contribution in [1.82, 2.24) is 14.9 Å². The highest BCUT2D eigenvalue weighted by molar-refractivity contribution is 5.25. The number of likely N-dealkylation sites (tertiary alicyclic amines) is 1. The number of nitrogens with zero attached hydrogens (tertiary/aromatic N) is 2. The van der Waals surface area contributed by atoms with E-state index in [0.29, 0.717) is 6.10 Å². The number of hydrogen-bond donors (Lipinski definition) is 1. The van der Waals surface area contributed by atoms with E-state index < -0.39 is 0 Å². The molecule has 1 N–H and O–H groups in total. The number of hydrogen-bond acceptors (Lipinski definition) is 4. The first-order valence-electron chi connectivity index (χ1n) is 7.88. The van der Waals surface area contributed by atoms with Gasteiger partial charge in [0, 0.05) is 31.3 Å². The molecule has 5 nitrogen and oxygen atoms in total. The summed E-state index contributed by atoms with van der Waals surface area (Å²) in [7, 11) is 1.80. The van der Waals surface area contributed by atoms with Crippen molar-refractivity contribution in [2.24, 2.45) is 0 Å². The van der Waals surface area contributed by atoms with Crippen LogP contribution < -0.4 is 5.56 Å². The molecule has 0 saturated carbocycles. The summed E-state index contributed by atoms with van der Waals surface area (Å²) in [6.45, 7) is 6.26. The third-order valence-electron chi connectivity index (χ3n) is 5.22. The van der Waals surface area contributed by atoms with Gasteiger partial charge in [-0.2, -0.15) is 0 Å². The van der Waals surface area contributed by atoms with Gasteiger partial charge in [0.25, 0.3) is 5.56 Å². The summed E-state index contributed by atoms with van der Waals surface area (Å²) in [4.78, 5) is 22.1. The van der Waals surface area contributed by atoms with Gasteiger partial charge in [0.05, 0.1) is 11.8 Å².